The minimum absolute atomic E-state index is 0.173. The van der Waals surface area contributed by atoms with Crippen molar-refractivity contribution in [3.63, 3.8) is 0 Å². The first-order chi connectivity index (χ1) is 8.25. The first-order valence-electron chi connectivity index (χ1n) is 6.15. The fourth-order valence-corrected chi connectivity index (χ4v) is 2.02. The third-order valence-electron chi connectivity index (χ3n) is 3.15. The van der Waals surface area contributed by atoms with E-state index in [4.69, 9.17) is 0 Å². The smallest absolute Gasteiger partial charge is 0.223 e. The Bertz CT molecular complexity index is 369. The lowest BCUT2D eigenvalue weighted by Crippen LogP contribution is -2.37. The van der Waals surface area contributed by atoms with Crippen LogP contribution in [0.15, 0.2) is 18.3 Å². The summed E-state index contributed by atoms with van der Waals surface area (Å²) in [5, 5.41) is 6.24. The van der Waals surface area contributed by atoms with Crippen LogP contribution in [0.3, 0.4) is 0 Å². The van der Waals surface area contributed by atoms with Gasteiger partial charge in [-0.3, -0.25) is 9.78 Å². The van der Waals surface area contributed by atoms with E-state index in [2.05, 4.69) is 15.6 Å². The van der Waals surface area contributed by atoms with Gasteiger partial charge in [0.05, 0.1) is 0 Å². The summed E-state index contributed by atoms with van der Waals surface area (Å²) in [5.41, 5.74) is 2.05. The third-order valence-corrected chi connectivity index (χ3v) is 3.15. The van der Waals surface area contributed by atoms with Crippen molar-refractivity contribution in [2.45, 2.75) is 26.3 Å². The van der Waals surface area contributed by atoms with E-state index >= 15 is 0 Å². The number of hydrogen-bond acceptors (Lipinski definition) is 3. The normalized spacial score (nSPS) is 16.8. The summed E-state index contributed by atoms with van der Waals surface area (Å²) < 4.78 is 0. The molecule has 0 spiro atoms. The van der Waals surface area contributed by atoms with Crippen molar-refractivity contribution in [3.8, 4) is 0 Å². The maximum atomic E-state index is 11.9. The molecule has 0 unspecified atom stereocenters. The Kier molecular flexibility index (Phi) is 4.09. The molecule has 92 valence electrons. The van der Waals surface area contributed by atoms with E-state index in [0.29, 0.717) is 6.54 Å². The monoisotopic (exact) mass is 233 g/mol. The quantitative estimate of drug-likeness (QED) is 0.819. The number of aryl methyl sites for hydroxylation is 1. The van der Waals surface area contributed by atoms with Crippen molar-refractivity contribution in [1.82, 2.24) is 15.6 Å². The van der Waals surface area contributed by atoms with Gasteiger partial charge >= 0.3 is 0 Å². The Morgan fingerprint density at radius 2 is 2.24 bits per heavy atom. The molecule has 0 aromatic carbocycles. The zero-order chi connectivity index (χ0) is 12.1. The highest BCUT2D eigenvalue weighted by Gasteiger charge is 2.20. The van der Waals surface area contributed by atoms with E-state index in [0.717, 1.165) is 37.2 Å². The maximum absolute atomic E-state index is 11.9. The highest BCUT2D eigenvalue weighted by molar-refractivity contribution is 5.78. The maximum Gasteiger partial charge on any atom is 0.223 e. The Labute approximate surface area is 102 Å². The van der Waals surface area contributed by atoms with Gasteiger partial charge in [-0.1, -0.05) is 6.07 Å². The molecule has 1 fully saturated rings. The topological polar surface area (TPSA) is 54.0 Å². The van der Waals surface area contributed by atoms with Gasteiger partial charge < -0.3 is 10.6 Å². The summed E-state index contributed by atoms with van der Waals surface area (Å²) in [6.07, 6.45) is 3.70. The zero-order valence-corrected chi connectivity index (χ0v) is 10.2. The molecule has 2 heterocycles. The lowest BCUT2D eigenvalue weighted by atomic mass is 9.97. The molecule has 2 rings (SSSR count). The Hall–Kier alpha value is -1.42. The summed E-state index contributed by atoms with van der Waals surface area (Å²) in [6, 6.07) is 3.97. The SMILES string of the molecule is Cc1ccc(CNC(=O)C2CCNCC2)cn1. The minimum atomic E-state index is 0.173. The van der Waals surface area contributed by atoms with Crippen LogP contribution in [0.4, 0.5) is 0 Å². The Balaban J connectivity index is 1.81. The predicted octanol–water partition coefficient (Wildman–Crippen LogP) is 1.01. The molecule has 17 heavy (non-hydrogen) atoms. The van der Waals surface area contributed by atoms with Crippen LogP contribution in [-0.2, 0) is 11.3 Å². The van der Waals surface area contributed by atoms with Crippen LogP contribution in [0.25, 0.3) is 0 Å². The van der Waals surface area contributed by atoms with E-state index in [1.54, 1.807) is 0 Å². The molecule has 0 bridgehead atoms. The molecule has 4 nitrogen and oxygen atoms in total. The Morgan fingerprint density at radius 3 is 2.88 bits per heavy atom. The molecule has 1 aliphatic heterocycles. The molecule has 1 saturated heterocycles. The van der Waals surface area contributed by atoms with Gasteiger partial charge in [-0.15, -0.1) is 0 Å². The second-order valence-electron chi connectivity index (χ2n) is 4.55. The first kappa shape index (κ1) is 12.0. The van der Waals surface area contributed by atoms with E-state index in [-0.39, 0.29) is 11.8 Å². The molecule has 1 aromatic rings. The molecule has 0 radical (unpaired) electrons. The van der Waals surface area contributed by atoms with Gasteiger partial charge in [-0.2, -0.15) is 0 Å². The first-order valence-corrected chi connectivity index (χ1v) is 6.15. The van der Waals surface area contributed by atoms with Gasteiger partial charge in [0.15, 0.2) is 0 Å². The molecule has 0 saturated carbocycles. The summed E-state index contributed by atoms with van der Waals surface area (Å²) in [6.45, 7) is 4.43. The van der Waals surface area contributed by atoms with Crippen LogP contribution in [-0.4, -0.2) is 24.0 Å². The molecular formula is C13H19N3O. The minimum Gasteiger partial charge on any atom is -0.352 e. The van der Waals surface area contributed by atoms with Crippen molar-refractivity contribution in [2.75, 3.05) is 13.1 Å². The fourth-order valence-electron chi connectivity index (χ4n) is 2.02. The van der Waals surface area contributed by atoms with Crippen molar-refractivity contribution in [1.29, 1.82) is 0 Å². The number of carbonyl (C=O) groups is 1. The average molecular weight is 233 g/mol. The van der Waals surface area contributed by atoms with E-state index in [9.17, 15) is 4.79 Å². The predicted molar refractivity (Wildman–Crippen MR) is 66.4 cm³/mol. The molecule has 0 atom stereocenters. The molecular weight excluding hydrogens is 214 g/mol. The van der Waals surface area contributed by atoms with Crippen LogP contribution in [0.5, 0.6) is 0 Å². The lowest BCUT2D eigenvalue weighted by Gasteiger charge is -2.21. The van der Waals surface area contributed by atoms with Crippen LogP contribution in [0.1, 0.15) is 24.1 Å². The summed E-state index contributed by atoms with van der Waals surface area (Å²) in [5.74, 6) is 0.349. The highest BCUT2D eigenvalue weighted by atomic mass is 16.1. The largest absolute Gasteiger partial charge is 0.352 e. The van der Waals surface area contributed by atoms with Crippen molar-refractivity contribution < 1.29 is 4.79 Å². The van der Waals surface area contributed by atoms with Gasteiger partial charge in [-0.25, -0.2) is 0 Å². The van der Waals surface area contributed by atoms with Crippen LogP contribution >= 0.6 is 0 Å². The molecule has 2 N–H and O–H groups in total. The number of rotatable bonds is 3. The van der Waals surface area contributed by atoms with Gasteiger partial charge in [0.1, 0.15) is 0 Å². The molecule has 0 aliphatic carbocycles. The van der Waals surface area contributed by atoms with Crippen molar-refractivity contribution >= 4 is 5.91 Å². The second kappa shape index (κ2) is 5.77. The molecule has 1 amide bonds. The third kappa shape index (κ3) is 3.53. The summed E-state index contributed by atoms with van der Waals surface area (Å²) in [4.78, 5) is 16.1. The van der Waals surface area contributed by atoms with Crippen LogP contribution < -0.4 is 10.6 Å². The number of carbonyl (C=O) groups excluding carboxylic acids is 1. The number of nitrogens with zero attached hydrogens (tertiary/aromatic N) is 1. The molecule has 4 heteroatoms. The van der Waals surface area contributed by atoms with Crippen molar-refractivity contribution in [3.05, 3.63) is 29.6 Å². The van der Waals surface area contributed by atoms with Crippen molar-refractivity contribution in [2.24, 2.45) is 5.92 Å². The average Bonchev–Trinajstić information content (AvgIpc) is 2.39. The number of pyridine rings is 1. The van der Waals surface area contributed by atoms with E-state index < -0.39 is 0 Å². The van der Waals surface area contributed by atoms with Gasteiger partial charge in [0.25, 0.3) is 0 Å². The summed E-state index contributed by atoms with van der Waals surface area (Å²) in [7, 11) is 0. The fraction of sp³-hybridized carbons (Fsp3) is 0.538. The van der Waals surface area contributed by atoms with E-state index in [1.807, 2.05) is 25.3 Å². The highest BCUT2D eigenvalue weighted by Crippen LogP contribution is 2.11. The van der Waals surface area contributed by atoms with Crippen LogP contribution in [0.2, 0.25) is 0 Å². The van der Waals surface area contributed by atoms with Gasteiger partial charge in [-0.05, 0) is 44.5 Å². The Morgan fingerprint density at radius 1 is 1.47 bits per heavy atom. The summed E-state index contributed by atoms with van der Waals surface area (Å²) >= 11 is 0. The standard InChI is InChI=1S/C13H19N3O/c1-10-2-3-11(8-15-10)9-16-13(17)12-4-6-14-7-5-12/h2-3,8,12,14H,4-7,9H2,1H3,(H,16,17). The number of piperidine rings is 1. The number of aromatic nitrogens is 1. The lowest BCUT2D eigenvalue weighted by molar-refractivity contribution is -0.125. The number of hydrogen-bond donors (Lipinski definition) is 2. The number of amides is 1. The van der Waals surface area contributed by atoms with Gasteiger partial charge in [0.2, 0.25) is 5.91 Å². The molecule has 1 aromatic heterocycles. The molecule has 1 aliphatic rings. The second-order valence-corrected chi connectivity index (χ2v) is 4.55. The number of nitrogens with one attached hydrogen (secondary N) is 2. The van der Waals surface area contributed by atoms with Crippen LogP contribution in [0, 0.1) is 12.8 Å². The zero-order valence-electron chi connectivity index (χ0n) is 10.2. The van der Waals surface area contributed by atoms with E-state index in [1.165, 1.54) is 0 Å². The van der Waals surface area contributed by atoms with Gasteiger partial charge in [0, 0.05) is 24.4 Å².